The third-order valence-electron chi connectivity index (χ3n) is 2.16. The summed E-state index contributed by atoms with van der Waals surface area (Å²) in [4.78, 5) is 6.46. The minimum Gasteiger partial charge on any atom is -0.361 e. The molecule has 14 heavy (non-hydrogen) atoms. The maximum atomic E-state index is 5.91. The zero-order valence-electron chi connectivity index (χ0n) is 8.24. The van der Waals surface area contributed by atoms with Crippen molar-refractivity contribution in [2.75, 3.05) is 19.0 Å². The molecule has 0 saturated heterocycles. The van der Waals surface area contributed by atoms with Crippen molar-refractivity contribution in [2.45, 2.75) is 5.88 Å². The summed E-state index contributed by atoms with van der Waals surface area (Å²) in [6.45, 7) is 0. The Morgan fingerprint density at radius 3 is 2.86 bits per heavy atom. The Balaban J connectivity index is 2.72. The van der Waals surface area contributed by atoms with E-state index in [4.69, 9.17) is 11.6 Å². The molecule has 3 nitrogen and oxygen atoms in total. The zero-order valence-corrected chi connectivity index (χ0v) is 8.99. The monoisotopic (exact) mass is 209 g/mol. The number of rotatable bonds is 2. The van der Waals surface area contributed by atoms with Gasteiger partial charge >= 0.3 is 0 Å². The molecular weight excluding hydrogens is 198 g/mol. The van der Waals surface area contributed by atoms with Gasteiger partial charge in [0, 0.05) is 20.3 Å². The minimum atomic E-state index is 0.471. The maximum Gasteiger partial charge on any atom is 0.151 e. The number of imidazole rings is 1. The number of nitrogens with zero attached hydrogens (tertiary/aromatic N) is 3. The average Bonchev–Trinajstić information content (AvgIpc) is 2.56. The Labute approximate surface area is 87.9 Å². The molecular formula is C10H12ClN3. The second kappa shape index (κ2) is 3.50. The summed E-state index contributed by atoms with van der Waals surface area (Å²) >= 11 is 5.91. The molecule has 0 bridgehead atoms. The van der Waals surface area contributed by atoms with E-state index in [-0.39, 0.29) is 0 Å². The van der Waals surface area contributed by atoms with Gasteiger partial charge < -0.3 is 9.30 Å². The number of fused-ring (bicyclic) bond motifs is 1. The summed E-state index contributed by atoms with van der Waals surface area (Å²) in [5, 5.41) is 0. The van der Waals surface area contributed by atoms with Crippen LogP contribution in [0, 0.1) is 0 Å². The minimum absolute atomic E-state index is 0.471. The average molecular weight is 210 g/mol. The molecule has 4 heteroatoms. The van der Waals surface area contributed by atoms with Gasteiger partial charge in [-0.05, 0) is 12.1 Å². The molecule has 0 aromatic carbocycles. The number of halogens is 1. The van der Waals surface area contributed by atoms with Crippen LogP contribution < -0.4 is 4.90 Å². The maximum absolute atomic E-state index is 5.91. The van der Waals surface area contributed by atoms with Gasteiger partial charge in [-0.1, -0.05) is 6.07 Å². The molecule has 0 N–H and O–H groups in total. The number of hydrogen-bond donors (Lipinski definition) is 0. The SMILES string of the molecule is CN(C)c1nc2ccccn2c1CCl. The van der Waals surface area contributed by atoms with E-state index in [2.05, 4.69) is 4.98 Å². The molecule has 0 spiro atoms. The van der Waals surface area contributed by atoms with Crippen molar-refractivity contribution >= 4 is 23.1 Å². The van der Waals surface area contributed by atoms with Gasteiger partial charge in [0.25, 0.3) is 0 Å². The molecule has 2 rings (SSSR count). The molecule has 0 aliphatic carbocycles. The Morgan fingerprint density at radius 2 is 2.21 bits per heavy atom. The van der Waals surface area contributed by atoms with Crippen molar-refractivity contribution in [3.05, 3.63) is 30.1 Å². The van der Waals surface area contributed by atoms with E-state index in [9.17, 15) is 0 Å². The Kier molecular flexibility index (Phi) is 2.33. The van der Waals surface area contributed by atoms with Crippen LogP contribution in [0.15, 0.2) is 24.4 Å². The number of hydrogen-bond acceptors (Lipinski definition) is 2. The standard InChI is InChI=1S/C10H12ClN3/c1-13(2)10-8(7-11)14-6-4-3-5-9(14)12-10/h3-6H,7H2,1-2H3. The molecule has 0 unspecified atom stereocenters. The summed E-state index contributed by atoms with van der Waals surface area (Å²) in [6.07, 6.45) is 1.98. The van der Waals surface area contributed by atoms with Crippen molar-refractivity contribution in [1.29, 1.82) is 0 Å². The summed E-state index contributed by atoms with van der Waals surface area (Å²) < 4.78 is 2.02. The smallest absolute Gasteiger partial charge is 0.151 e. The van der Waals surface area contributed by atoms with Crippen molar-refractivity contribution in [3.8, 4) is 0 Å². The number of aromatic nitrogens is 2. The molecule has 0 saturated carbocycles. The highest BCUT2D eigenvalue weighted by molar-refractivity contribution is 6.17. The molecule has 0 aliphatic rings. The van der Waals surface area contributed by atoms with E-state index in [0.717, 1.165) is 17.2 Å². The molecule has 0 aliphatic heterocycles. The Bertz CT molecular complexity index is 448. The van der Waals surface area contributed by atoms with Gasteiger partial charge in [0.1, 0.15) is 5.65 Å². The quantitative estimate of drug-likeness (QED) is 0.707. The summed E-state index contributed by atoms with van der Waals surface area (Å²) in [5.41, 5.74) is 1.97. The van der Waals surface area contributed by atoms with Crippen molar-refractivity contribution < 1.29 is 0 Å². The first kappa shape index (κ1) is 9.34. The zero-order chi connectivity index (χ0) is 10.1. The lowest BCUT2D eigenvalue weighted by atomic mass is 10.4. The van der Waals surface area contributed by atoms with Gasteiger partial charge in [-0.2, -0.15) is 0 Å². The molecule has 2 aromatic heterocycles. The van der Waals surface area contributed by atoms with Crippen molar-refractivity contribution in [2.24, 2.45) is 0 Å². The van der Waals surface area contributed by atoms with Gasteiger partial charge in [-0.15, -0.1) is 11.6 Å². The fourth-order valence-corrected chi connectivity index (χ4v) is 1.76. The van der Waals surface area contributed by atoms with E-state index in [1.54, 1.807) is 0 Å². The first-order chi connectivity index (χ1) is 6.74. The number of pyridine rings is 1. The van der Waals surface area contributed by atoms with Gasteiger partial charge in [-0.25, -0.2) is 4.98 Å². The lowest BCUT2D eigenvalue weighted by Gasteiger charge is -2.09. The first-order valence-electron chi connectivity index (χ1n) is 4.43. The van der Waals surface area contributed by atoms with Gasteiger partial charge in [-0.3, -0.25) is 0 Å². The Hall–Kier alpha value is -1.22. The predicted octanol–water partition coefficient (Wildman–Crippen LogP) is 2.14. The van der Waals surface area contributed by atoms with E-state index >= 15 is 0 Å². The lowest BCUT2D eigenvalue weighted by molar-refractivity contribution is 1.04. The molecule has 0 amide bonds. The van der Waals surface area contributed by atoms with Crippen LogP contribution in [-0.4, -0.2) is 23.5 Å². The Morgan fingerprint density at radius 1 is 1.43 bits per heavy atom. The van der Waals surface area contributed by atoms with Crippen LogP contribution in [0.3, 0.4) is 0 Å². The fraction of sp³-hybridized carbons (Fsp3) is 0.300. The van der Waals surface area contributed by atoms with Crippen LogP contribution in [0.2, 0.25) is 0 Å². The first-order valence-corrected chi connectivity index (χ1v) is 4.96. The second-order valence-electron chi connectivity index (χ2n) is 3.34. The topological polar surface area (TPSA) is 20.5 Å². The summed E-state index contributed by atoms with van der Waals surface area (Å²) in [6, 6.07) is 5.92. The molecule has 0 radical (unpaired) electrons. The molecule has 0 fully saturated rings. The molecule has 74 valence electrons. The van der Waals surface area contributed by atoms with Crippen LogP contribution in [0.5, 0.6) is 0 Å². The third-order valence-corrected chi connectivity index (χ3v) is 2.41. The van der Waals surface area contributed by atoms with Crippen molar-refractivity contribution in [1.82, 2.24) is 9.38 Å². The second-order valence-corrected chi connectivity index (χ2v) is 3.61. The number of alkyl halides is 1. The fourth-order valence-electron chi connectivity index (χ4n) is 1.52. The molecule has 0 atom stereocenters. The highest BCUT2D eigenvalue weighted by atomic mass is 35.5. The molecule has 2 aromatic rings. The van der Waals surface area contributed by atoms with Gasteiger partial charge in [0.05, 0.1) is 11.6 Å². The van der Waals surface area contributed by atoms with Crippen LogP contribution in [0.25, 0.3) is 5.65 Å². The molecule has 2 heterocycles. The highest BCUT2D eigenvalue weighted by Gasteiger charge is 2.11. The third kappa shape index (κ3) is 1.34. The lowest BCUT2D eigenvalue weighted by Crippen LogP contribution is -2.11. The largest absolute Gasteiger partial charge is 0.361 e. The van der Waals surface area contributed by atoms with Crippen LogP contribution in [-0.2, 0) is 5.88 Å². The van der Waals surface area contributed by atoms with Crippen molar-refractivity contribution in [3.63, 3.8) is 0 Å². The highest BCUT2D eigenvalue weighted by Crippen LogP contribution is 2.21. The summed E-state index contributed by atoms with van der Waals surface area (Å²) in [5.74, 6) is 1.41. The predicted molar refractivity (Wildman–Crippen MR) is 59.1 cm³/mol. The number of anilines is 1. The van der Waals surface area contributed by atoms with E-state index < -0.39 is 0 Å². The van der Waals surface area contributed by atoms with E-state index in [1.165, 1.54) is 0 Å². The van der Waals surface area contributed by atoms with E-state index in [1.807, 2.05) is 47.8 Å². The normalized spacial score (nSPS) is 10.8. The van der Waals surface area contributed by atoms with Crippen LogP contribution in [0.4, 0.5) is 5.82 Å². The summed E-state index contributed by atoms with van der Waals surface area (Å²) in [7, 11) is 3.94. The van der Waals surface area contributed by atoms with Crippen LogP contribution in [0.1, 0.15) is 5.69 Å². The van der Waals surface area contributed by atoms with Gasteiger partial charge in [0.15, 0.2) is 5.82 Å². The van der Waals surface area contributed by atoms with Crippen LogP contribution >= 0.6 is 11.6 Å². The van der Waals surface area contributed by atoms with Gasteiger partial charge in [0.2, 0.25) is 0 Å². The van der Waals surface area contributed by atoms with E-state index in [0.29, 0.717) is 5.88 Å².